The van der Waals surface area contributed by atoms with Gasteiger partial charge in [-0.3, -0.25) is 0 Å². The lowest BCUT2D eigenvalue weighted by atomic mass is 9.98. The van der Waals surface area contributed by atoms with Gasteiger partial charge >= 0.3 is 0 Å². The van der Waals surface area contributed by atoms with Crippen LogP contribution < -0.4 is 14.2 Å². The number of halogens is 1. The Hall–Kier alpha value is -3.78. The van der Waals surface area contributed by atoms with Crippen LogP contribution >= 0.6 is 0 Å². The molecule has 0 atom stereocenters. The lowest BCUT2D eigenvalue weighted by molar-refractivity contribution is 0.306. The zero-order valence-corrected chi connectivity index (χ0v) is 16.2. The number of benzene rings is 3. The van der Waals surface area contributed by atoms with Crippen molar-refractivity contribution in [3.8, 4) is 34.4 Å². The predicted molar refractivity (Wildman–Crippen MR) is 110 cm³/mol. The largest absolute Gasteiger partial charge is 0.497 e. The van der Waals surface area contributed by atoms with Gasteiger partial charge in [-0.15, -0.1) is 0 Å². The van der Waals surface area contributed by atoms with Gasteiger partial charge in [-0.05, 0) is 71.3 Å². The molecule has 0 aliphatic rings. The van der Waals surface area contributed by atoms with Crippen molar-refractivity contribution in [3.63, 3.8) is 0 Å². The summed E-state index contributed by atoms with van der Waals surface area (Å²) < 4.78 is 30.7. The van der Waals surface area contributed by atoms with Crippen molar-refractivity contribution in [1.29, 1.82) is 5.26 Å². The average Bonchev–Trinajstić information content (AvgIpc) is 2.77. The zero-order chi connectivity index (χ0) is 20.6. The van der Waals surface area contributed by atoms with Crippen LogP contribution in [-0.4, -0.2) is 14.2 Å². The number of nitriles is 1. The van der Waals surface area contributed by atoms with Crippen molar-refractivity contribution in [3.05, 3.63) is 83.7 Å². The first-order valence-corrected chi connectivity index (χ1v) is 8.94. The van der Waals surface area contributed by atoms with Crippen molar-refractivity contribution in [1.82, 2.24) is 0 Å². The number of rotatable bonds is 7. The first-order valence-electron chi connectivity index (χ1n) is 8.94. The second-order valence-corrected chi connectivity index (χ2v) is 6.19. The smallest absolute Gasteiger partial charge is 0.131 e. The van der Waals surface area contributed by atoms with Gasteiger partial charge in [0, 0.05) is 11.6 Å². The minimum Gasteiger partial charge on any atom is -0.497 e. The van der Waals surface area contributed by atoms with Crippen molar-refractivity contribution < 1.29 is 18.6 Å². The van der Waals surface area contributed by atoms with Gasteiger partial charge in [0.05, 0.1) is 20.3 Å². The lowest BCUT2D eigenvalue weighted by Gasteiger charge is -2.13. The Morgan fingerprint density at radius 1 is 0.862 bits per heavy atom. The Morgan fingerprint density at radius 2 is 1.55 bits per heavy atom. The fourth-order valence-corrected chi connectivity index (χ4v) is 2.87. The van der Waals surface area contributed by atoms with E-state index in [1.807, 2.05) is 30.3 Å². The highest BCUT2D eigenvalue weighted by Crippen LogP contribution is 2.33. The molecule has 0 radical (unpaired) electrons. The van der Waals surface area contributed by atoms with Gasteiger partial charge in [0.2, 0.25) is 0 Å². The molecule has 29 heavy (non-hydrogen) atoms. The van der Waals surface area contributed by atoms with Gasteiger partial charge in [0.15, 0.2) is 0 Å². The van der Waals surface area contributed by atoms with Crippen LogP contribution in [0.15, 0.2) is 66.7 Å². The van der Waals surface area contributed by atoms with Crippen molar-refractivity contribution in [2.45, 2.75) is 6.61 Å². The van der Waals surface area contributed by atoms with E-state index in [0.717, 1.165) is 11.3 Å². The molecule has 146 valence electrons. The summed E-state index contributed by atoms with van der Waals surface area (Å²) >= 11 is 0. The summed E-state index contributed by atoms with van der Waals surface area (Å²) in [5, 5.41) is 8.92. The number of hydrogen-bond acceptors (Lipinski definition) is 4. The average molecular weight is 389 g/mol. The Morgan fingerprint density at radius 3 is 2.24 bits per heavy atom. The van der Waals surface area contributed by atoms with Crippen LogP contribution in [0.5, 0.6) is 17.2 Å². The SMILES string of the molecule is COc1ccc(COc2ccc(-c3cc(OC)ccc3F)c(C=CC#N)c2)cc1. The fourth-order valence-electron chi connectivity index (χ4n) is 2.87. The highest BCUT2D eigenvalue weighted by molar-refractivity contribution is 5.77. The molecule has 3 rings (SSSR count). The third kappa shape index (κ3) is 4.94. The third-order valence-electron chi connectivity index (χ3n) is 4.39. The normalized spacial score (nSPS) is 10.6. The molecule has 0 unspecified atom stereocenters. The molecule has 5 heteroatoms. The molecule has 0 aromatic heterocycles. The van der Waals surface area contributed by atoms with Crippen molar-refractivity contribution in [2.75, 3.05) is 14.2 Å². The standard InChI is InChI=1S/C24H20FNO3/c1-27-19-7-5-17(6-8-19)16-29-21-9-11-22(18(14-21)4-3-13-26)23-15-20(28-2)10-12-24(23)25/h3-12,14-15H,16H2,1-2H3. The Balaban J connectivity index is 1.89. The zero-order valence-electron chi connectivity index (χ0n) is 16.2. The molecule has 0 N–H and O–H groups in total. The molecule has 0 aliphatic heterocycles. The molecule has 0 saturated carbocycles. The summed E-state index contributed by atoms with van der Waals surface area (Å²) in [5.41, 5.74) is 2.70. The molecule has 0 heterocycles. The maximum Gasteiger partial charge on any atom is 0.131 e. The van der Waals surface area contributed by atoms with E-state index in [-0.39, 0.29) is 5.82 Å². The van der Waals surface area contributed by atoms with E-state index in [4.69, 9.17) is 19.5 Å². The number of allylic oxidation sites excluding steroid dienone is 1. The first kappa shape index (κ1) is 20.0. The highest BCUT2D eigenvalue weighted by Gasteiger charge is 2.11. The Kier molecular flexibility index (Phi) is 6.49. The van der Waals surface area contributed by atoms with Gasteiger partial charge < -0.3 is 14.2 Å². The minimum absolute atomic E-state index is 0.371. The number of ether oxygens (including phenoxy) is 3. The number of nitrogens with zero attached hydrogens (tertiary/aromatic N) is 1. The maximum absolute atomic E-state index is 14.4. The molecule has 4 nitrogen and oxygen atoms in total. The summed E-state index contributed by atoms with van der Waals surface area (Å²) in [6.45, 7) is 0.373. The van der Waals surface area contributed by atoms with Gasteiger partial charge in [-0.1, -0.05) is 12.1 Å². The van der Waals surface area contributed by atoms with Crippen LogP contribution in [0.3, 0.4) is 0 Å². The van der Waals surface area contributed by atoms with Crippen LogP contribution in [0.2, 0.25) is 0 Å². The van der Waals surface area contributed by atoms with Crippen LogP contribution in [0.25, 0.3) is 17.2 Å². The van der Waals surface area contributed by atoms with Crippen molar-refractivity contribution in [2.24, 2.45) is 0 Å². The summed E-state index contributed by atoms with van der Waals surface area (Å²) in [5.74, 6) is 1.58. The topological polar surface area (TPSA) is 51.5 Å². The van der Waals surface area contributed by atoms with Gasteiger partial charge in [-0.25, -0.2) is 4.39 Å². The second kappa shape index (κ2) is 9.43. The second-order valence-electron chi connectivity index (χ2n) is 6.19. The number of hydrogen-bond donors (Lipinski definition) is 0. The van der Waals surface area contributed by atoms with Gasteiger partial charge in [-0.2, -0.15) is 5.26 Å². The molecular formula is C24H20FNO3. The quantitative estimate of drug-likeness (QED) is 0.492. The Bertz CT molecular complexity index is 1050. The monoisotopic (exact) mass is 389 g/mol. The van der Waals surface area contributed by atoms with E-state index < -0.39 is 0 Å². The van der Waals surface area contributed by atoms with Crippen LogP contribution in [0.1, 0.15) is 11.1 Å². The summed E-state index contributed by atoms with van der Waals surface area (Å²) in [4.78, 5) is 0. The lowest BCUT2D eigenvalue weighted by Crippen LogP contribution is -1.97. The van der Waals surface area contributed by atoms with E-state index in [2.05, 4.69) is 0 Å². The fraction of sp³-hybridized carbons (Fsp3) is 0.125. The maximum atomic E-state index is 14.4. The minimum atomic E-state index is -0.371. The Labute approximate surface area is 169 Å². The molecule has 0 saturated heterocycles. The molecule has 0 bridgehead atoms. The summed E-state index contributed by atoms with van der Waals surface area (Å²) in [7, 11) is 3.15. The van der Waals surface area contributed by atoms with Crippen LogP contribution in [0, 0.1) is 17.1 Å². The molecular weight excluding hydrogens is 369 g/mol. The molecule has 0 amide bonds. The first-order chi connectivity index (χ1) is 14.1. The van der Waals surface area contributed by atoms with E-state index in [0.29, 0.717) is 34.8 Å². The molecule has 0 fully saturated rings. The summed E-state index contributed by atoms with van der Waals surface area (Å²) in [6, 6.07) is 19.5. The number of methoxy groups -OCH3 is 2. The summed E-state index contributed by atoms with van der Waals surface area (Å²) in [6.07, 6.45) is 2.98. The predicted octanol–water partition coefficient (Wildman–Crippen LogP) is 5.63. The van der Waals surface area contributed by atoms with E-state index in [9.17, 15) is 4.39 Å². The molecule has 0 aliphatic carbocycles. The molecule has 0 spiro atoms. The van der Waals surface area contributed by atoms with E-state index >= 15 is 0 Å². The van der Waals surface area contributed by atoms with Crippen LogP contribution in [-0.2, 0) is 6.61 Å². The van der Waals surface area contributed by atoms with E-state index in [1.54, 1.807) is 43.5 Å². The third-order valence-corrected chi connectivity index (χ3v) is 4.39. The molecule has 3 aromatic rings. The molecule has 3 aromatic carbocycles. The van der Waals surface area contributed by atoms with Crippen molar-refractivity contribution >= 4 is 6.08 Å². The van der Waals surface area contributed by atoms with E-state index in [1.165, 1.54) is 19.3 Å². The van der Waals surface area contributed by atoms with Gasteiger partial charge in [0.1, 0.15) is 29.7 Å². The van der Waals surface area contributed by atoms with Crippen LogP contribution in [0.4, 0.5) is 4.39 Å². The van der Waals surface area contributed by atoms with Gasteiger partial charge in [0.25, 0.3) is 0 Å². The highest BCUT2D eigenvalue weighted by atomic mass is 19.1.